The van der Waals surface area contributed by atoms with Crippen molar-refractivity contribution in [1.29, 1.82) is 0 Å². The van der Waals surface area contributed by atoms with E-state index < -0.39 is 9.84 Å². The molecule has 0 atom stereocenters. The minimum absolute atomic E-state index is 0.00245. The molecule has 0 aliphatic heterocycles. The van der Waals surface area contributed by atoms with Gasteiger partial charge in [0.2, 0.25) is 0 Å². The monoisotopic (exact) mass is 672 g/mol. The standard InChI is InChI=1S/C38H40O9S/c1-48(40,41)35-15-7-30(8-16-35)36-17-9-31-27-34(46-28-29-5-3-2-4-6-29)14-18-37(31)38(36)47-33-12-10-32(11-13-33)45-26-25-44-24-23-43-22-21-42-20-19-39/h2-18,27,39H,19-26,28H2,1H3. The Morgan fingerprint density at radius 3 is 1.90 bits per heavy atom. The number of hydrogen-bond donors (Lipinski definition) is 1. The lowest BCUT2D eigenvalue weighted by Gasteiger charge is -2.16. The fourth-order valence-electron chi connectivity index (χ4n) is 4.88. The Morgan fingerprint density at radius 2 is 1.23 bits per heavy atom. The summed E-state index contributed by atoms with van der Waals surface area (Å²) in [6, 6.07) is 34.0. The van der Waals surface area contributed by atoms with Crippen LogP contribution >= 0.6 is 0 Å². The highest BCUT2D eigenvalue weighted by molar-refractivity contribution is 7.90. The van der Waals surface area contributed by atoms with Crippen molar-refractivity contribution in [2.24, 2.45) is 0 Å². The molecule has 5 aromatic rings. The van der Waals surface area contributed by atoms with Crippen LogP contribution in [-0.2, 0) is 30.7 Å². The van der Waals surface area contributed by atoms with Gasteiger partial charge < -0.3 is 33.5 Å². The molecule has 0 heterocycles. The summed E-state index contributed by atoms with van der Waals surface area (Å²) in [7, 11) is -3.33. The summed E-state index contributed by atoms with van der Waals surface area (Å²) < 4.78 is 58.7. The van der Waals surface area contributed by atoms with E-state index in [0.717, 1.165) is 33.2 Å². The van der Waals surface area contributed by atoms with E-state index in [1.165, 1.54) is 6.26 Å². The Hall–Kier alpha value is -4.45. The van der Waals surface area contributed by atoms with Gasteiger partial charge in [0.15, 0.2) is 9.84 Å². The predicted octanol–water partition coefficient (Wildman–Crippen LogP) is 6.70. The zero-order valence-corrected chi connectivity index (χ0v) is 27.7. The minimum Gasteiger partial charge on any atom is -0.491 e. The second-order valence-electron chi connectivity index (χ2n) is 10.9. The molecule has 0 bridgehead atoms. The summed E-state index contributed by atoms with van der Waals surface area (Å²) in [6.07, 6.45) is 1.20. The molecule has 9 nitrogen and oxygen atoms in total. The van der Waals surface area contributed by atoms with E-state index in [1.54, 1.807) is 24.3 Å². The maximum absolute atomic E-state index is 12.1. The molecule has 0 saturated heterocycles. The molecule has 0 aliphatic carbocycles. The van der Waals surface area contributed by atoms with Gasteiger partial charge in [-0.3, -0.25) is 0 Å². The molecule has 5 aromatic carbocycles. The molecule has 0 spiro atoms. The van der Waals surface area contributed by atoms with Crippen LogP contribution in [0.2, 0.25) is 0 Å². The van der Waals surface area contributed by atoms with E-state index in [9.17, 15) is 8.42 Å². The molecule has 0 amide bonds. The molecule has 1 N–H and O–H groups in total. The topological polar surface area (TPSA) is 110 Å². The van der Waals surface area contributed by atoms with Crippen LogP contribution < -0.4 is 14.2 Å². The predicted molar refractivity (Wildman–Crippen MR) is 185 cm³/mol. The maximum Gasteiger partial charge on any atom is 0.175 e. The van der Waals surface area contributed by atoms with Crippen LogP contribution in [0.5, 0.6) is 23.0 Å². The maximum atomic E-state index is 12.1. The van der Waals surface area contributed by atoms with Gasteiger partial charge in [-0.25, -0.2) is 8.42 Å². The summed E-state index contributed by atoms with van der Waals surface area (Å²) in [5.41, 5.74) is 2.72. The van der Waals surface area contributed by atoms with Crippen molar-refractivity contribution in [3.8, 4) is 34.1 Å². The van der Waals surface area contributed by atoms with Crippen LogP contribution in [-0.4, -0.2) is 72.6 Å². The minimum atomic E-state index is -3.33. The molecule has 0 unspecified atom stereocenters. The number of aliphatic hydroxyl groups is 1. The van der Waals surface area contributed by atoms with Crippen molar-refractivity contribution < 1.29 is 41.9 Å². The van der Waals surface area contributed by atoms with E-state index in [-0.39, 0.29) is 11.5 Å². The van der Waals surface area contributed by atoms with Crippen LogP contribution in [0.4, 0.5) is 0 Å². The fourth-order valence-corrected chi connectivity index (χ4v) is 5.51. The third-order valence-corrected chi connectivity index (χ3v) is 8.43. The Balaban J connectivity index is 1.26. The smallest absolute Gasteiger partial charge is 0.175 e. The molecule has 5 rings (SSSR count). The highest BCUT2D eigenvalue weighted by Gasteiger charge is 2.15. The number of sulfone groups is 1. The van der Waals surface area contributed by atoms with E-state index in [2.05, 4.69) is 0 Å². The zero-order valence-electron chi connectivity index (χ0n) is 26.9. The van der Waals surface area contributed by atoms with Crippen LogP contribution in [0.3, 0.4) is 0 Å². The quantitative estimate of drug-likeness (QED) is 0.0959. The Bertz CT molecular complexity index is 1830. The van der Waals surface area contributed by atoms with Gasteiger partial charge in [-0.15, -0.1) is 0 Å². The molecule has 0 aromatic heterocycles. The number of hydrogen-bond acceptors (Lipinski definition) is 9. The van der Waals surface area contributed by atoms with Gasteiger partial charge in [-0.05, 0) is 77.2 Å². The molecule has 10 heteroatoms. The second-order valence-corrected chi connectivity index (χ2v) is 12.9. The van der Waals surface area contributed by atoms with Gasteiger partial charge in [0.05, 0.1) is 51.1 Å². The van der Waals surface area contributed by atoms with Gasteiger partial charge in [0.25, 0.3) is 0 Å². The van der Waals surface area contributed by atoms with Gasteiger partial charge in [-0.1, -0.05) is 48.5 Å². The second kappa shape index (κ2) is 17.6. The van der Waals surface area contributed by atoms with Crippen molar-refractivity contribution >= 4 is 20.6 Å². The van der Waals surface area contributed by atoms with Crippen molar-refractivity contribution in [1.82, 2.24) is 0 Å². The van der Waals surface area contributed by atoms with Crippen molar-refractivity contribution in [3.63, 3.8) is 0 Å². The largest absolute Gasteiger partial charge is 0.491 e. The average molecular weight is 673 g/mol. The molecule has 0 fully saturated rings. The lowest BCUT2D eigenvalue weighted by molar-refractivity contribution is 0.00361. The summed E-state index contributed by atoms with van der Waals surface area (Å²) >= 11 is 0. The van der Waals surface area contributed by atoms with Gasteiger partial charge >= 0.3 is 0 Å². The molecule has 0 aliphatic rings. The highest BCUT2D eigenvalue weighted by Crippen LogP contribution is 2.41. The van der Waals surface area contributed by atoms with Crippen LogP contribution in [0.1, 0.15) is 5.56 Å². The fraction of sp³-hybridized carbons (Fsp3) is 0.263. The van der Waals surface area contributed by atoms with Crippen LogP contribution in [0.25, 0.3) is 21.9 Å². The van der Waals surface area contributed by atoms with E-state index >= 15 is 0 Å². The molecule has 48 heavy (non-hydrogen) atoms. The number of aliphatic hydroxyl groups excluding tert-OH is 1. The lowest BCUT2D eigenvalue weighted by Crippen LogP contribution is -2.13. The van der Waals surface area contributed by atoms with E-state index in [1.807, 2.05) is 84.9 Å². The van der Waals surface area contributed by atoms with E-state index in [4.69, 9.17) is 33.5 Å². The van der Waals surface area contributed by atoms with Crippen LogP contribution in [0, 0.1) is 0 Å². The first-order chi connectivity index (χ1) is 23.4. The normalized spacial score (nSPS) is 11.5. The molecular formula is C38H40O9S. The number of ether oxygens (including phenoxy) is 6. The highest BCUT2D eigenvalue weighted by atomic mass is 32.2. The zero-order chi connectivity index (χ0) is 33.6. The van der Waals surface area contributed by atoms with Crippen LogP contribution in [0.15, 0.2) is 114 Å². The first kappa shape index (κ1) is 34.9. The summed E-state index contributed by atoms with van der Waals surface area (Å²) in [6.45, 7) is 3.35. The Morgan fingerprint density at radius 1 is 0.604 bits per heavy atom. The van der Waals surface area contributed by atoms with Crippen molar-refractivity contribution in [3.05, 3.63) is 115 Å². The average Bonchev–Trinajstić information content (AvgIpc) is 3.10. The Labute approximate surface area is 281 Å². The third kappa shape index (κ3) is 10.3. The Kier molecular flexibility index (Phi) is 12.8. The van der Waals surface area contributed by atoms with Crippen molar-refractivity contribution in [2.45, 2.75) is 11.5 Å². The van der Waals surface area contributed by atoms with Crippen molar-refractivity contribution in [2.75, 3.05) is 59.1 Å². The summed E-state index contributed by atoms with van der Waals surface area (Å²) in [5, 5.41) is 10.5. The van der Waals surface area contributed by atoms with Gasteiger partial charge in [0, 0.05) is 17.2 Å². The van der Waals surface area contributed by atoms with Gasteiger partial charge in [-0.2, -0.15) is 0 Å². The first-order valence-corrected chi connectivity index (χ1v) is 17.6. The summed E-state index contributed by atoms with van der Waals surface area (Å²) in [5.74, 6) is 2.67. The van der Waals surface area contributed by atoms with Gasteiger partial charge in [0.1, 0.15) is 36.2 Å². The number of benzene rings is 5. The first-order valence-electron chi connectivity index (χ1n) is 15.7. The van der Waals surface area contributed by atoms with E-state index in [0.29, 0.717) is 70.1 Å². The lowest BCUT2D eigenvalue weighted by atomic mass is 9.99. The molecule has 0 radical (unpaired) electrons. The third-order valence-electron chi connectivity index (χ3n) is 7.30. The summed E-state index contributed by atoms with van der Waals surface area (Å²) in [4.78, 5) is 0.254. The molecular weight excluding hydrogens is 632 g/mol. The SMILES string of the molecule is CS(=O)(=O)c1ccc(-c2ccc3cc(OCc4ccccc4)ccc3c2Oc2ccc(OCCOCCOCCOCCO)cc2)cc1. The molecule has 252 valence electrons. The number of rotatable bonds is 19. The number of fused-ring (bicyclic) bond motifs is 1. The molecule has 0 saturated carbocycles.